The average molecular weight is 264 g/mol. The molecule has 7 nitrogen and oxygen atoms in total. The van der Waals surface area contributed by atoms with E-state index in [2.05, 4.69) is 10.4 Å². The summed E-state index contributed by atoms with van der Waals surface area (Å²) in [4.78, 5) is 36.2. The molecule has 1 unspecified atom stereocenters. The van der Waals surface area contributed by atoms with E-state index in [9.17, 15) is 14.4 Å². The van der Waals surface area contributed by atoms with E-state index in [4.69, 9.17) is 0 Å². The van der Waals surface area contributed by atoms with Crippen LogP contribution in [0.4, 0.5) is 4.79 Å². The second kappa shape index (κ2) is 5.64. The molecule has 2 heterocycles. The van der Waals surface area contributed by atoms with E-state index in [1.807, 2.05) is 12.3 Å². The summed E-state index contributed by atoms with van der Waals surface area (Å²) in [5.74, 6) is -1.65. The van der Waals surface area contributed by atoms with E-state index in [-0.39, 0.29) is 6.54 Å². The van der Waals surface area contributed by atoms with E-state index in [1.165, 1.54) is 0 Å². The number of nitrogens with one attached hydrogen (secondary N) is 1. The zero-order chi connectivity index (χ0) is 13.8. The van der Waals surface area contributed by atoms with Crippen LogP contribution >= 0.6 is 0 Å². The van der Waals surface area contributed by atoms with Crippen LogP contribution in [-0.4, -0.2) is 39.1 Å². The Hall–Kier alpha value is -2.18. The molecule has 1 N–H and O–H groups in total. The Labute approximate surface area is 110 Å². The monoisotopic (exact) mass is 264 g/mol. The summed E-state index contributed by atoms with van der Waals surface area (Å²) in [5, 5.41) is 6.25. The van der Waals surface area contributed by atoms with Crippen LogP contribution < -0.4 is 5.32 Å². The Morgan fingerprint density at radius 3 is 2.74 bits per heavy atom. The van der Waals surface area contributed by atoms with Gasteiger partial charge in [0.2, 0.25) is 11.8 Å². The van der Waals surface area contributed by atoms with Crippen LogP contribution in [0.1, 0.15) is 19.8 Å². The van der Waals surface area contributed by atoms with Gasteiger partial charge in [-0.25, -0.2) is 4.79 Å². The van der Waals surface area contributed by atoms with E-state index >= 15 is 0 Å². The van der Waals surface area contributed by atoms with Gasteiger partial charge in [0.05, 0.1) is 0 Å². The van der Waals surface area contributed by atoms with Gasteiger partial charge in [0.1, 0.15) is 5.92 Å². The molecular weight excluding hydrogens is 248 g/mol. The highest BCUT2D eigenvalue weighted by Gasteiger charge is 2.38. The smallest absolute Gasteiger partial charge is 0.277 e. The zero-order valence-corrected chi connectivity index (χ0v) is 10.7. The van der Waals surface area contributed by atoms with E-state index in [0.717, 1.165) is 4.90 Å². The van der Waals surface area contributed by atoms with Gasteiger partial charge >= 0.3 is 6.03 Å². The lowest BCUT2D eigenvalue weighted by atomic mass is 10.0. The van der Waals surface area contributed by atoms with Gasteiger partial charge in [-0.2, -0.15) is 5.10 Å². The van der Waals surface area contributed by atoms with Crippen LogP contribution in [0.3, 0.4) is 0 Å². The summed E-state index contributed by atoms with van der Waals surface area (Å²) < 4.78 is 1.73. The van der Waals surface area contributed by atoms with Gasteiger partial charge in [0.25, 0.3) is 0 Å². The lowest BCUT2D eigenvalue weighted by Crippen LogP contribution is -2.57. The summed E-state index contributed by atoms with van der Waals surface area (Å²) in [5.41, 5.74) is 0. The Morgan fingerprint density at radius 2 is 2.11 bits per heavy atom. The molecule has 1 atom stereocenters. The molecule has 7 heteroatoms. The number of imide groups is 2. The normalized spacial score (nSPS) is 19.7. The number of hydrogen-bond donors (Lipinski definition) is 1. The van der Waals surface area contributed by atoms with Gasteiger partial charge in [-0.1, -0.05) is 6.92 Å². The fraction of sp³-hybridized carbons (Fsp3) is 0.500. The molecule has 1 aromatic heterocycles. The fourth-order valence-electron chi connectivity index (χ4n) is 2.06. The molecule has 0 radical (unpaired) electrons. The standard InChI is InChI=1S/C12H16N4O3/c1-2-9-10(17)14-12(19)16(11(9)18)8-4-7-15-6-3-5-13-15/h3,5-6,9H,2,4,7-8H2,1H3,(H,14,17,19). The van der Waals surface area contributed by atoms with Crippen LogP contribution in [-0.2, 0) is 16.1 Å². The van der Waals surface area contributed by atoms with Gasteiger partial charge in [0.15, 0.2) is 0 Å². The molecule has 0 spiro atoms. The van der Waals surface area contributed by atoms with Crippen molar-refractivity contribution in [2.75, 3.05) is 6.54 Å². The molecule has 0 saturated carbocycles. The van der Waals surface area contributed by atoms with E-state index in [1.54, 1.807) is 17.8 Å². The molecule has 1 aliphatic heterocycles. The molecule has 0 aliphatic carbocycles. The predicted molar refractivity (Wildman–Crippen MR) is 65.9 cm³/mol. The molecular formula is C12H16N4O3. The van der Waals surface area contributed by atoms with Crippen LogP contribution in [0, 0.1) is 5.92 Å². The van der Waals surface area contributed by atoms with Gasteiger partial charge in [0, 0.05) is 25.5 Å². The number of amides is 4. The third-order valence-electron chi connectivity index (χ3n) is 3.09. The Morgan fingerprint density at radius 1 is 1.32 bits per heavy atom. The van der Waals surface area contributed by atoms with Crippen LogP contribution in [0.2, 0.25) is 0 Å². The van der Waals surface area contributed by atoms with Crippen LogP contribution in [0.15, 0.2) is 18.5 Å². The highest BCUT2D eigenvalue weighted by molar-refractivity contribution is 6.16. The minimum absolute atomic E-state index is 0.286. The first-order chi connectivity index (χ1) is 9.13. The van der Waals surface area contributed by atoms with E-state index in [0.29, 0.717) is 19.4 Å². The molecule has 1 fully saturated rings. The van der Waals surface area contributed by atoms with Crippen molar-refractivity contribution in [1.29, 1.82) is 0 Å². The maximum Gasteiger partial charge on any atom is 0.330 e. The SMILES string of the molecule is CCC1C(=O)NC(=O)N(CCCn2cccn2)C1=O. The summed E-state index contributed by atoms with van der Waals surface area (Å²) in [6.45, 7) is 2.66. The van der Waals surface area contributed by atoms with Crippen molar-refractivity contribution >= 4 is 17.8 Å². The van der Waals surface area contributed by atoms with Crippen LogP contribution in [0.25, 0.3) is 0 Å². The molecule has 0 aromatic carbocycles. The van der Waals surface area contributed by atoms with Gasteiger partial charge in [-0.15, -0.1) is 0 Å². The first-order valence-electron chi connectivity index (χ1n) is 6.27. The molecule has 1 aromatic rings. The van der Waals surface area contributed by atoms with Gasteiger partial charge in [-0.3, -0.25) is 24.5 Å². The van der Waals surface area contributed by atoms with Crippen molar-refractivity contribution in [3.8, 4) is 0 Å². The number of carbonyl (C=O) groups is 3. The number of aromatic nitrogens is 2. The second-order valence-corrected chi connectivity index (χ2v) is 4.37. The third-order valence-corrected chi connectivity index (χ3v) is 3.09. The lowest BCUT2D eigenvalue weighted by molar-refractivity contribution is -0.142. The Kier molecular flexibility index (Phi) is 3.94. The van der Waals surface area contributed by atoms with Crippen molar-refractivity contribution < 1.29 is 14.4 Å². The first-order valence-corrected chi connectivity index (χ1v) is 6.27. The molecule has 102 valence electrons. The van der Waals surface area contributed by atoms with Crippen molar-refractivity contribution in [2.24, 2.45) is 5.92 Å². The fourth-order valence-corrected chi connectivity index (χ4v) is 2.06. The first kappa shape index (κ1) is 13.3. The Balaban J connectivity index is 1.92. The third kappa shape index (κ3) is 2.81. The van der Waals surface area contributed by atoms with E-state index < -0.39 is 23.8 Å². The quantitative estimate of drug-likeness (QED) is 0.779. The minimum Gasteiger partial charge on any atom is -0.277 e. The Bertz CT molecular complexity index is 483. The summed E-state index contributed by atoms with van der Waals surface area (Å²) in [7, 11) is 0. The van der Waals surface area contributed by atoms with Gasteiger partial charge < -0.3 is 0 Å². The predicted octanol–water partition coefficient (Wildman–Crippen LogP) is 0.378. The molecule has 19 heavy (non-hydrogen) atoms. The van der Waals surface area contributed by atoms with Gasteiger partial charge in [-0.05, 0) is 18.9 Å². The van der Waals surface area contributed by atoms with Crippen LogP contribution in [0.5, 0.6) is 0 Å². The van der Waals surface area contributed by atoms with Crippen molar-refractivity contribution in [1.82, 2.24) is 20.0 Å². The summed E-state index contributed by atoms with van der Waals surface area (Å²) >= 11 is 0. The minimum atomic E-state index is -0.748. The molecule has 2 rings (SSSR count). The van der Waals surface area contributed by atoms with Crippen molar-refractivity contribution in [2.45, 2.75) is 26.3 Å². The number of hydrogen-bond acceptors (Lipinski definition) is 4. The highest BCUT2D eigenvalue weighted by Crippen LogP contribution is 2.14. The zero-order valence-electron chi connectivity index (χ0n) is 10.7. The molecule has 1 saturated heterocycles. The number of nitrogens with zero attached hydrogens (tertiary/aromatic N) is 3. The highest BCUT2D eigenvalue weighted by atomic mass is 16.2. The van der Waals surface area contributed by atoms with Crippen molar-refractivity contribution in [3.63, 3.8) is 0 Å². The maximum atomic E-state index is 12.0. The molecule has 1 aliphatic rings. The number of carbonyl (C=O) groups excluding carboxylic acids is 3. The average Bonchev–Trinajstić information content (AvgIpc) is 2.86. The topological polar surface area (TPSA) is 84.3 Å². The number of urea groups is 1. The summed E-state index contributed by atoms with van der Waals surface area (Å²) in [6, 6.07) is 1.19. The van der Waals surface area contributed by atoms with Crippen molar-refractivity contribution in [3.05, 3.63) is 18.5 Å². The number of rotatable bonds is 5. The number of aryl methyl sites for hydroxylation is 1. The number of barbiturate groups is 1. The molecule has 0 bridgehead atoms. The second-order valence-electron chi connectivity index (χ2n) is 4.37. The lowest BCUT2D eigenvalue weighted by Gasteiger charge is -2.29. The largest absolute Gasteiger partial charge is 0.330 e. The molecule has 4 amide bonds. The maximum absolute atomic E-state index is 12.0. The summed E-state index contributed by atoms with van der Waals surface area (Å²) in [6.07, 6.45) is 4.49.